The molecule has 0 fully saturated rings. The van der Waals surface area contributed by atoms with E-state index in [9.17, 15) is 4.79 Å². The van der Waals surface area contributed by atoms with E-state index in [0.29, 0.717) is 37.8 Å². The van der Waals surface area contributed by atoms with Gasteiger partial charge < -0.3 is 9.73 Å². The normalized spacial score (nSPS) is 11.0. The molecule has 0 aliphatic rings. The van der Waals surface area contributed by atoms with E-state index in [1.807, 2.05) is 6.07 Å². The molecule has 3 nitrogen and oxygen atoms in total. The van der Waals surface area contributed by atoms with Crippen molar-refractivity contribution in [2.75, 3.05) is 5.32 Å². The number of halogens is 3. The van der Waals surface area contributed by atoms with E-state index in [1.54, 1.807) is 54.6 Å². The fraction of sp³-hybridized carbons (Fsp3) is 0. The SMILES string of the molecule is O=C(C=Cc1ccc(-c2cccc(Cl)c2Cl)o1)Nc1cccc(Cl)c1. The predicted octanol–water partition coefficient (Wildman–Crippen LogP) is 6.56. The number of carbonyl (C=O) groups excluding carboxylic acids is 1. The lowest BCUT2D eigenvalue weighted by molar-refractivity contribution is -0.111. The average Bonchev–Trinajstić information content (AvgIpc) is 3.04. The molecular formula is C19H12Cl3NO2. The van der Waals surface area contributed by atoms with Crippen molar-refractivity contribution < 1.29 is 9.21 Å². The lowest BCUT2D eigenvalue weighted by atomic mass is 10.2. The van der Waals surface area contributed by atoms with Crippen molar-refractivity contribution in [3.63, 3.8) is 0 Å². The van der Waals surface area contributed by atoms with Crippen LogP contribution in [0.3, 0.4) is 0 Å². The Morgan fingerprint density at radius 2 is 1.80 bits per heavy atom. The van der Waals surface area contributed by atoms with E-state index in [2.05, 4.69) is 5.32 Å². The van der Waals surface area contributed by atoms with Gasteiger partial charge in [-0.2, -0.15) is 0 Å². The minimum atomic E-state index is -0.291. The van der Waals surface area contributed by atoms with Gasteiger partial charge in [-0.1, -0.05) is 46.9 Å². The first-order valence-corrected chi connectivity index (χ1v) is 8.45. The number of carbonyl (C=O) groups is 1. The lowest BCUT2D eigenvalue weighted by Crippen LogP contribution is -2.07. The van der Waals surface area contributed by atoms with Crippen LogP contribution >= 0.6 is 34.8 Å². The second kappa shape index (κ2) is 7.79. The molecule has 6 heteroatoms. The number of hydrogen-bond acceptors (Lipinski definition) is 2. The van der Waals surface area contributed by atoms with Crippen molar-refractivity contribution >= 4 is 52.5 Å². The maximum atomic E-state index is 12.0. The number of amides is 1. The zero-order valence-corrected chi connectivity index (χ0v) is 15.1. The zero-order chi connectivity index (χ0) is 17.8. The van der Waals surface area contributed by atoms with Crippen LogP contribution in [-0.2, 0) is 4.79 Å². The Hall–Kier alpha value is -2.20. The van der Waals surface area contributed by atoms with Gasteiger partial charge in [-0.3, -0.25) is 4.79 Å². The molecule has 1 N–H and O–H groups in total. The van der Waals surface area contributed by atoms with Gasteiger partial charge in [-0.25, -0.2) is 0 Å². The van der Waals surface area contributed by atoms with Gasteiger partial charge in [0.25, 0.3) is 0 Å². The third kappa shape index (κ3) is 4.45. The van der Waals surface area contributed by atoms with Crippen molar-refractivity contribution in [1.82, 2.24) is 0 Å². The lowest BCUT2D eigenvalue weighted by Gasteiger charge is -2.02. The number of furan rings is 1. The van der Waals surface area contributed by atoms with Crippen LogP contribution < -0.4 is 5.32 Å². The summed E-state index contributed by atoms with van der Waals surface area (Å²) < 4.78 is 5.69. The molecule has 3 rings (SSSR count). The Labute approximate surface area is 159 Å². The molecule has 25 heavy (non-hydrogen) atoms. The standard InChI is InChI=1S/C19H12Cl3NO2/c20-12-3-1-4-13(11-12)23-18(24)10-8-14-7-9-17(25-14)15-5-2-6-16(21)19(15)22/h1-11H,(H,23,24). The molecule has 2 aromatic carbocycles. The number of anilines is 1. The Morgan fingerprint density at radius 3 is 2.60 bits per heavy atom. The summed E-state index contributed by atoms with van der Waals surface area (Å²) in [5, 5.41) is 4.15. The molecule has 1 heterocycles. The topological polar surface area (TPSA) is 42.2 Å². The Kier molecular flexibility index (Phi) is 5.49. The minimum Gasteiger partial charge on any atom is -0.457 e. The molecule has 0 saturated carbocycles. The first kappa shape index (κ1) is 17.6. The van der Waals surface area contributed by atoms with E-state index in [0.717, 1.165) is 0 Å². The van der Waals surface area contributed by atoms with E-state index >= 15 is 0 Å². The van der Waals surface area contributed by atoms with Crippen molar-refractivity contribution in [2.45, 2.75) is 0 Å². The quantitative estimate of drug-likeness (QED) is 0.511. The van der Waals surface area contributed by atoms with Crippen LogP contribution in [0.4, 0.5) is 5.69 Å². The largest absolute Gasteiger partial charge is 0.457 e. The molecular weight excluding hydrogens is 381 g/mol. The molecule has 3 aromatic rings. The molecule has 0 bridgehead atoms. The fourth-order valence-electron chi connectivity index (χ4n) is 2.19. The Morgan fingerprint density at radius 1 is 1.00 bits per heavy atom. The van der Waals surface area contributed by atoms with E-state index in [-0.39, 0.29) is 5.91 Å². The number of hydrogen-bond donors (Lipinski definition) is 1. The molecule has 126 valence electrons. The van der Waals surface area contributed by atoms with Crippen molar-refractivity contribution in [2.24, 2.45) is 0 Å². The number of nitrogens with one attached hydrogen (secondary N) is 1. The van der Waals surface area contributed by atoms with Gasteiger partial charge in [-0.15, -0.1) is 0 Å². The first-order valence-electron chi connectivity index (χ1n) is 7.32. The molecule has 0 aliphatic carbocycles. The van der Waals surface area contributed by atoms with Crippen LogP contribution in [0.25, 0.3) is 17.4 Å². The summed E-state index contributed by atoms with van der Waals surface area (Å²) in [6, 6.07) is 15.7. The van der Waals surface area contributed by atoms with Crippen LogP contribution in [0.15, 0.2) is 65.1 Å². The summed E-state index contributed by atoms with van der Waals surface area (Å²) in [4.78, 5) is 12.0. The smallest absolute Gasteiger partial charge is 0.248 e. The summed E-state index contributed by atoms with van der Waals surface area (Å²) in [5.74, 6) is 0.802. The Balaban J connectivity index is 1.71. The van der Waals surface area contributed by atoms with Crippen LogP contribution in [0.1, 0.15) is 5.76 Å². The molecule has 0 aliphatic heterocycles. The van der Waals surface area contributed by atoms with Crippen LogP contribution in [0.5, 0.6) is 0 Å². The third-order valence-corrected chi connectivity index (χ3v) is 4.39. The fourth-order valence-corrected chi connectivity index (χ4v) is 2.77. The summed E-state index contributed by atoms with van der Waals surface area (Å²) in [6.45, 7) is 0. The molecule has 0 radical (unpaired) electrons. The van der Waals surface area contributed by atoms with Gasteiger partial charge in [0.2, 0.25) is 5.91 Å². The van der Waals surface area contributed by atoms with Gasteiger partial charge in [-0.05, 0) is 48.5 Å². The van der Waals surface area contributed by atoms with Gasteiger partial charge in [0.05, 0.1) is 10.0 Å². The van der Waals surface area contributed by atoms with E-state index in [4.69, 9.17) is 39.2 Å². The summed E-state index contributed by atoms with van der Waals surface area (Å²) in [7, 11) is 0. The third-order valence-electron chi connectivity index (χ3n) is 3.33. The predicted molar refractivity (Wildman–Crippen MR) is 103 cm³/mol. The second-order valence-electron chi connectivity index (χ2n) is 5.14. The molecule has 1 aromatic heterocycles. The highest BCUT2D eigenvalue weighted by molar-refractivity contribution is 6.43. The van der Waals surface area contributed by atoms with Crippen molar-refractivity contribution in [1.29, 1.82) is 0 Å². The number of benzene rings is 2. The van der Waals surface area contributed by atoms with Crippen LogP contribution in [0, 0.1) is 0 Å². The molecule has 0 saturated heterocycles. The summed E-state index contributed by atoms with van der Waals surface area (Å²) >= 11 is 18.1. The van der Waals surface area contributed by atoms with Gasteiger partial charge in [0.15, 0.2) is 0 Å². The summed E-state index contributed by atoms with van der Waals surface area (Å²) in [5.41, 5.74) is 1.31. The first-order chi connectivity index (χ1) is 12.0. The maximum absolute atomic E-state index is 12.0. The highest BCUT2D eigenvalue weighted by Crippen LogP contribution is 2.34. The van der Waals surface area contributed by atoms with Crippen molar-refractivity contribution in [3.05, 3.63) is 81.5 Å². The maximum Gasteiger partial charge on any atom is 0.248 e. The highest BCUT2D eigenvalue weighted by atomic mass is 35.5. The van der Waals surface area contributed by atoms with Crippen LogP contribution in [0.2, 0.25) is 15.1 Å². The van der Waals surface area contributed by atoms with Gasteiger partial charge in [0, 0.05) is 22.3 Å². The molecule has 0 atom stereocenters. The zero-order valence-electron chi connectivity index (χ0n) is 12.8. The molecule has 0 unspecified atom stereocenters. The summed E-state index contributed by atoms with van der Waals surface area (Å²) in [6.07, 6.45) is 2.95. The van der Waals surface area contributed by atoms with Crippen molar-refractivity contribution in [3.8, 4) is 11.3 Å². The number of rotatable bonds is 4. The second-order valence-corrected chi connectivity index (χ2v) is 6.36. The van der Waals surface area contributed by atoms with Gasteiger partial charge >= 0.3 is 0 Å². The van der Waals surface area contributed by atoms with E-state index in [1.165, 1.54) is 6.08 Å². The molecule has 0 spiro atoms. The minimum absolute atomic E-state index is 0.291. The van der Waals surface area contributed by atoms with Gasteiger partial charge in [0.1, 0.15) is 11.5 Å². The molecule has 1 amide bonds. The van der Waals surface area contributed by atoms with E-state index < -0.39 is 0 Å². The highest BCUT2D eigenvalue weighted by Gasteiger charge is 2.10. The monoisotopic (exact) mass is 391 g/mol. The van der Waals surface area contributed by atoms with Crippen LogP contribution in [-0.4, -0.2) is 5.91 Å². The Bertz CT molecular complexity index is 947. The average molecular weight is 393 g/mol.